The molecule has 0 bridgehead atoms. The summed E-state index contributed by atoms with van der Waals surface area (Å²) in [5.41, 5.74) is 1.39. The molecule has 2 N–H and O–H groups in total. The van der Waals surface area contributed by atoms with E-state index in [1.165, 1.54) is 18.2 Å². The third-order valence-electron chi connectivity index (χ3n) is 3.57. The van der Waals surface area contributed by atoms with Crippen LogP contribution < -0.4 is 4.72 Å². The fourth-order valence-electron chi connectivity index (χ4n) is 2.47. The minimum atomic E-state index is -3.82. The fraction of sp³-hybridized carbons (Fsp3) is 0.278. The van der Waals surface area contributed by atoms with Crippen LogP contribution in [0.15, 0.2) is 53.4 Å². The first kappa shape index (κ1) is 18.2. The van der Waals surface area contributed by atoms with Gasteiger partial charge in [-0.25, -0.2) is 17.9 Å². The molecule has 2 aromatic carbocycles. The molecule has 5 nitrogen and oxygen atoms in total. The number of carboxylic acids is 1. The molecule has 6 heteroatoms. The topological polar surface area (TPSA) is 83.5 Å². The molecule has 0 saturated carbocycles. The van der Waals surface area contributed by atoms with Gasteiger partial charge in [0, 0.05) is 5.54 Å². The monoisotopic (exact) mass is 347 g/mol. The van der Waals surface area contributed by atoms with Crippen molar-refractivity contribution in [1.29, 1.82) is 0 Å². The van der Waals surface area contributed by atoms with E-state index in [1.54, 1.807) is 13.8 Å². The zero-order chi connectivity index (χ0) is 18.0. The van der Waals surface area contributed by atoms with Gasteiger partial charge in [-0.15, -0.1) is 0 Å². The number of carboxylic acid groups (broad SMARTS) is 1. The molecule has 0 radical (unpaired) electrons. The van der Waals surface area contributed by atoms with Crippen LogP contribution in [0.1, 0.15) is 35.3 Å². The van der Waals surface area contributed by atoms with E-state index in [-0.39, 0.29) is 10.5 Å². The van der Waals surface area contributed by atoms with Crippen molar-refractivity contribution in [2.75, 3.05) is 0 Å². The van der Waals surface area contributed by atoms with Crippen molar-refractivity contribution in [3.05, 3.63) is 65.2 Å². The van der Waals surface area contributed by atoms with E-state index in [0.717, 1.165) is 17.2 Å². The summed E-state index contributed by atoms with van der Waals surface area (Å²) in [5.74, 6) is -1.16. The summed E-state index contributed by atoms with van der Waals surface area (Å²) in [6.07, 6.45) is 0.519. The summed E-state index contributed by atoms with van der Waals surface area (Å²) in [7, 11) is -3.82. The highest BCUT2D eigenvalue weighted by Crippen LogP contribution is 2.19. The highest BCUT2D eigenvalue weighted by molar-refractivity contribution is 7.89. The van der Waals surface area contributed by atoms with Gasteiger partial charge in [-0.2, -0.15) is 0 Å². The Hall–Kier alpha value is -2.18. The quantitative estimate of drug-likeness (QED) is 0.841. The standard InChI is InChI=1S/C18H21NO4S/c1-13-7-9-14(10-8-13)12-18(2,3)19-24(22,23)16-6-4-5-15(11-16)17(20)21/h4-11,19H,12H2,1-3H3,(H,20,21). The lowest BCUT2D eigenvalue weighted by Crippen LogP contribution is -2.45. The number of carbonyl (C=O) groups is 1. The maximum absolute atomic E-state index is 12.6. The second kappa shape index (κ2) is 6.75. The van der Waals surface area contributed by atoms with Crippen LogP contribution in [0.25, 0.3) is 0 Å². The number of nitrogens with one attached hydrogen (secondary N) is 1. The molecule has 2 rings (SSSR count). The Morgan fingerprint density at radius 2 is 1.75 bits per heavy atom. The van der Waals surface area contributed by atoms with E-state index in [2.05, 4.69) is 4.72 Å². The lowest BCUT2D eigenvalue weighted by molar-refractivity contribution is 0.0696. The van der Waals surface area contributed by atoms with E-state index in [4.69, 9.17) is 5.11 Å². The van der Waals surface area contributed by atoms with Crippen molar-refractivity contribution in [2.45, 2.75) is 37.6 Å². The van der Waals surface area contributed by atoms with Gasteiger partial charge >= 0.3 is 5.97 Å². The highest BCUT2D eigenvalue weighted by atomic mass is 32.2. The third kappa shape index (κ3) is 4.66. The second-order valence-corrected chi connectivity index (χ2v) is 8.17. The van der Waals surface area contributed by atoms with Crippen molar-refractivity contribution in [1.82, 2.24) is 4.72 Å². The van der Waals surface area contributed by atoms with Gasteiger partial charge in [-0.3, -0.25) is 0 Å². The summed E-state index contributed by atoms with van der Waals surface area (Å²) in [6, 6.07) is 13.2. The number of benzene rings is 2. The second-order valence-electron chi connectivity index (χ2n) is 6.48. The molecule has 0 saturated heterocycles. The zero-order valence-corrected chi connectivity index (χ0v) is 14.7. The number of aromatic carboxylic acids is 1. The predicted octanol–water partition coefficient (Wildman–Crippen LogP) is 2.99. The number of hydrogen-bond donors (Lipinski definition) is 2. The van der Waals surface area contributed by atoms with Crippen molar-refractivity contribution in [2.24, 2.45) is 0 Å². The molecule has 0 aromatic heterocycles. The molecule has 2 aromatic rings. The molecule has 0 spiro atoms. The Kier molecular flexibility index (Phi) is 5.11. The van der Waals surface area contributed by atoms with Gasteiger partial charge in [0.25, 0.3) is 0 Å². The Balaban J connectivity index is 2.22. The van der Waals surface area contributed by atoms with Crippen molar-refractivity contribution in [3.8, 4) is 0 Å². The van der Waals surface area contributed by atoms with Crippen molar-refractivity contribution in [3.63, 3.8) is 0 Å². The van der Waals surface area contributed by atoms with Crippen LogP contribution in [0.2, 0.25) is 0 Å². The van der Waals surface area contributed by atoms with Gasteiger partial charge < -0.3 is 5.11 Å². The molecule has 0 fully saturated rings. The summed E-state index contributed by atoms with van der Waals surface area (Å²) in [4.78, 5) is 11.0. The van der Waals surface area contributed by atoms with Gasteiger partial charge in [-0.1, -0.05) is 35.9 Å². The normalized spacial score (nSPS) is 12.1. The molecule has 0 aliphatic carbocycles. The summed E-state index contributed by atoms with van der Waals surface area (Å²) in [5, 5.41) is 9.01. The average Bonchev–Trinajstić information content (AvgIpc) is 2.48. The van der Waals surface area contributed by atoms with Crippen LogP contribution >= 0.6 is 0 Å². The maximum Gasteiger partial charge on any atom is 0.335 e. The van der Waals surface area contributed by atoms with Gasteiger partial charge in [0.05, 0.1) is 10.5 Å². The van der Waals surface area contributed by atoms with Crippen LogP contribution in [0.3, 0.4) is 0 Å². The Labute approximate surface area is 142 Å². The number of aryl methyl sites for hydroxylation is 1. The highest BCUT2D eigenvalue weighted by Gasteiger charge is 2.27. The lowest BCUT2D eigenvalue weighted by atomic mass is 9.96. The Bertz CT molecular complexity index is 840. The number of sulfonamides is 1. The smallest absolute Gasteiger partial charge is 0.335 e. The van der Waals surface area contributed by atoms with Gasteiger partial charge in [0.1, 0.15) is 0 Å². The molecule has 0 unspecified atom stereocenters. The summed E-state index contributed by atoms with van der Waals surface area (Å²) in [6.45, 7) is 5.59. The van der Waals surface area contributed by atoms with E-state index < -0.39 is 21.5 Å². The molecule has 0 amide bonds. The Morgan fingerprint density at radius 1 is 1.12 bits per heavy atom. The fourth-order valence-corrected chi connectivity index (χ4v) is 3.93. The first-order valence-corrected chi connectivity index (χ1v) is 9.00. The minimum Gasteiger partial charge on any atom is -0.478 e. The van der Waals surface area contributed by atoms with Crippen LogP contribution in [-0.2, 0) is 16.4 Å². The predicted molar refractivity (Wildman–Crippen MR) is 92.7 cm³/mol. The molecular weight excluding hydrogens is 326 g/mol. The first-order chi connectivity index (χ1) is 11.1. The molecule has 128 valence electrons. The SMILES string of the molecule is Cc1ccc(CC(C)(C)NS(=O)(=O)c2cccc(C(=O)O)c2)cc1. The third-order valence-corrected chi connectivity index (χ3v) is 5.26. The van der Waals surface area contributed by atoms with Gasteiger partial charge in [0.15, 0.2) is 0 Å². The summed E-state index contributed by atoms with van der Waals surface area (Å²) < 4.78 is 27.8. The zero-order valence-electron chi connectivity index (χ0n) is 13.9. The van der Waals surface area contributed by atoms with Gasteiger partial charge in [0.2, 0.25) is 10.0 Å². The van der Waals surface area contributed by atoms with E-state index in [1.807, 2.05) is 31.2 Å². The minimum absolute atomic E-state index is 0.0561. The van der Waals surface area contributed by atoms with Crippen LogP contribution in [0, 0.1) is 6.92 Å². The van der Waals surface area contributed by atoms with Crippen LogP contribution in [0.5, 0.6) is 0 Å². The van der Waals surface area contributed by atoms with Crippen molar-refractivity contribution >= 4 is 16.0 Å². The maximum atomic E-state index is 12.6. The van der Waals surface area contributed by atoms with Crippen LogP contribution in [0.4, 0.5) is 0 Å². The molecular formula is C18H21NO4S. The van der Waals surface area contributed by atoms with E-state index in [9.17, 15) is 13.2 Å². The first-order valence-electron chi connectivity index (χ1n) is 7.52. The van der Waals surface area contributed by atoms with E-state index in [0.29, 0.717) is 6.42 Å². The lowest BCUT2D eigenvalue weighted by Gasteiger charge is -2.26. The van der Waals surface area contributed by atoms with Gasteiger partial charge in [-0.05, 0) is 51.0 Å². The summed E-state index contributed by atoms with van der Waals surface area (Å²) >= 11 is 0. The molecule has 0 aliphatic heterocycles. The van der Waals surface area contributed by atoms with E-state index >= 15 is 0 Å². The molecule has 24 heavy (non-hydrogen) atoms. The van der Waals surface area contributed by atoms with Crippen molar-refractivity contribution < 1.29 is 18.3 Å². The van der Waals surface area contributed by atoms with Crippen LogP contribution in [-0.4, -0.2) is 25.0 Å². The number of rotatable bonds is 6. The molecule has 0 aliphatic rings. The molecule has 0 heterocycles. The Morgan fingerprint density at radius 3 is 2.33 bits per heavy atom. The average molecular weight is 347 g/mol. The largest absolute Gasteiger partial charge is 0.478 e. The molecule has 0 atom stereocenters. The number of hydrogen-bond acceptors (Lipinski definition) is 3.